The van der Waals surface area contributed by atoms with Crippen LogP contribution >= 0.6 is 11.6 Å². The van der Waals surface area contributed by atoms with Crippen LogP contribution in [-0.4, -0.2) is 51.3 Å². The number of anilines is 1. The van der Waals surface area contributed by atoms with E-state index in [1.54, 1.807) is 7.11 Å². The number of rotatable bonds is 6. The summed E-state index contributed by atoms with van der Waals surface area (Å²) in [5, 5.41) is 5.46. The van der Waals surface area contributed by atoms with Gasteiger partial charge in [0, 0.05) is 25.7 Å². The normalized spacial score (nSPS) is 18.6. The lowest BCUT2D eigenvalue weighted by molar-refractivity contribution is -0.126. The Morgan fingerprint density at radius 2 is 2.15 bits per heavy atom. The van der Waals surface area contributed by atoms with Crippen LogP contribution in [0.2, 0.25) is 5.02 Å². The molecule has 1 saturated heterocycles. The van der Waals surface area contributed by atoms with Crippen molar-refractivity contribution >= 4 is 39.1 Å². The SMILES string of the molecule is COc1cccc(CNC(=O)C2CCCN(S(=O)(=O)c3cc4c(cc3Cl)NC(=O)CO4)C2)c1. The number of halogens is 1. The fraction of sp³-hybridized carbons (Fsp3) is 0.364. The van der Waals surface area contributed by atoms with E-state index in [0.717, 1.165) is 5.56 Å². The minimum absolute atomic E-state index is 0.0239. The van der Waals surface area contributed by atoms with Crippen LogP contribution in [0.4, 0.5) is 5.69 Å². The maximum absolute atomic E-state index is 13.3. The van der Waals surface area contributed by atoms with E-state index < -0.39 is 15.9 Å². The molecule has 2 aliphatic heterocycles. The molecule has 4 rings (SSSR count). The number of nitrogens with one attached hydrogen (secondary N) is 2. The van der Waals surface area contributed by atoms with Crippen molar-refractivity contribution in [2.24, 2.45) is 5.92 Å². The van der Waals surface area contributed by atoms with Gasteiger partial charge in [-0.25, -0.2) is 8.42 Å². The van der Waals surface area contributed by atoms with Gasteiger partial charge in [-0.15, -0.1) is 0 Å². The van der Waals surface area contributed by atoms with Crippen LogP contribution in [0.1, 0.15) is 18.4 Å². The van der Waals surface area contributed by atoms with E-state index in [4.69, 9.17) is 21.1 Å². The molecule has 33 heavy (non-hydrogen) atoms. The Kier molecular flexibility index (Phi) is 6.78. The third-order valence-electron chi connectivity index (χ3n) is 5.64. The largest absolute Gasteiger partial charge is 0.497 e. The number of carbonyl (C=O) groups is 2. The summed E-state index contributed by atoms with van der Waals surface area (Å²) in [5.74, 6) is -0.0938. The molecule has 2 aliphatic rings. The lowest BCUT2D eigenvalue weighted by atomic mass is 9.99. The highest BCUT2D eigenvalue weighted by atomic mass is 35.5. The van der Waals surface area contributed by atoms with Gasteiger partial charge in [0.1, 0.15) is 16.4 Å². The summed E-state index contributed by atoms with van der Waals surface area (Å²) in [4.78, 5) is 24.2. The molecule has 2 aromatic rings. The maximum Gasteiger partial charge on any atom is 0.262 e. The van der Waals surface area contributed by atoms with Crippen LogP contribution < -0.4 is 20.1 Å². The Hall–Kier alpha value is -2.82. The fourth-order valence-corrected chi connectivity index (χ4v) is 5.95. The number of carbonyl (C=O) groups excluding carboxylic acids is 2. The third-order valence-corrected chi connectivity index (χ3v) is 7.97. The summed E-state index contributed by atoms with van der Waals surface area (Å²) in [7, 11) is -2.39. The molecule has 2 heterocycles. The van der Waals surface area contributed by atoms with Gasteiger partial charge in [-0.1, -0.05) is 23.7 Å². The number of piperidine rings is 1. The van der Waals surface area contributed by atoms with Gasteiger partial charge in [-0.3, -0.25) is 9.59 Å². The quantitative estimate of drug-likeness (QED) is 0.638. The van der Waals surface area contributed by atoms with Crippen LogP contribution in [0, 0.1) is 5.92 Å². The van der Waals surface area contributed by atoms with Crippen LogP contribution in [0.3, 0.4) is 0 Å². The molecule has 2 N–H and O–H groups in total. The van der Waals surface area contributed by atoms with E-state index in [9.17, 15) is 18.0 Å². The zero-order valence-electron chi connectivity index (χ0n) is 18.0. The second kappa shape index (κ2) is 9.58. The average molecular weight is 494 g/mol. The molecule has 9 nitrogen and oxygen atoms in total. The molecule has 0 aliphatic carbocycles. The standard InChI is InChI=1S/C22H24ClN3O6S/c1-31-16-6-2-4-14(8-16)11-24-22(28)15-5-3-7-26(12-15)33(29,30)20-10-19-18(9-17(20)23)25-21(27)13-32-19/h2,4,6,8-10,15H,3,5,7,11-13H2,1H3,(H,24,28)(H,25,27). The highest BCUT2D eigenvalue weighted by molar-refractivity contribution is 7.89. The molecule has 11 heteroatoms. The first-order valence-electron chi connectivity index (χ1n) is 10.4. The van der Waals surface area contributed by atoms with E-state index in [2.05, 4.69) is 10.6 Å². The molecule has 1 unspecified atom stereocenters. The number of nitrogens with zero attached hydrogens (tertiary/aromatic N) is 1. The number of ether oxygens (including phenoxy) is 2. The smallest absolute Gasteiger partial charge is 0.262 e. The highest BCUT2D eigenvalue weighted by Gasteiger charge is 2.35. The summed E-state index contributed by atoms with van der Waals surface area (Å²) in [6.45, 7) is 0.455. The summed E-state index contributed by atoms with van der Waals surface area (Å²) in [6.07, 6.45) is 1.13. The highest BCUT2D eigenvalue weighted by Crippen LogP contribution is 2.37. The van der Waals surface area contributed by atoms with E-state index in [0.29, 0.717) is 30.8 Å². The van der Waals surface area contributed by atoms with Gasteiger partial charge in [0.2, 0.25) is 15.9 Å². The topological polar surface area (TPSA) is 114 Å². The van der Waals surface area contributed by atoms with Gasteiger partial charge < -0.3 is 20.1 Å². The lowest BCUT2D eigenvalue weighted by Crippen LogP contribution is -2.45. The molecule has 0 saturated carbocycles. The van der Waals surface area contributed by atoms with Gasteiger partial charge in [0.25, 0.3) is 5.91 Å². The Labute approximate surface area is 197 Å². The predicted molar refractivity (Wildman–Crippen MR) is 122 cm³/mol. The Bertz CT molecular complexity index is 1190. The van der Waals surface area contributed by atoms with E-state index in [-0.39, 0.29) is 47.2 Å². The van der Waals surface area contributed by atoms with Gasteiger partial charge in [-0.05, 0) is 36.6 Å². The molecule has 0 bridgehead atoms. The molecule has 2 amide bonds. The molecular formula is C22H24ClN3O6S. The molecule has 1 atom stereocenters. The Morgan fingerprint density at radius 3 is 2.94 bits per heavy atom. The van der Waals surface area contributed by atoms with E-state index >= 15 is 0 Å². The molecule has 176 valence electrons. The van der Waals surface area contributed by atoms with Gasteiger partial charge in [-0.2, -0.15) is 4.31 Å². The fourth-order valence-electron chi connectivity index (χ4n) is 3.91. The van der Waals surface area contributed by atoms with Gasteiger partial charge in [0.15, 0.2) is 6.61 Å². The van der Waals surface area contributed by atoms with Crippen molar-refractivity contribution in [3.05, 3.63) is 47.0 Å². The summed E-state index contributed by atoms with van der Waals surface area (Å²) < 4.78 is 38.5. The number of benzene rings is 2. The maximum atomic E-state index is 13.3. The Balaban J connectivity index is 1.46. The first-order chi connectivity index (χ1) is 15.8. The van der Waals surface area contributed by atoms with Crippen LogP contribution in [-0.2, 0) is 26.2 Å². The van der Waals surface area contributed by atoms with Crippen molar-refractivity contribution in [1.29, 1.82) is 0 Å². The third kappa shape index (κ3) is 5.07. The van der Waals surface area contributed by atoms with E-state index in [1.165, 1.54) is 16.4 Å². The van der Waals surface area contributed by atoms with Crippen LogP contribution in [0.25, 0.3) is 0 Å². The summed E-state index contributed by atoms with van der Waals surface area (Å²) in [5.41, 5.74) is 1.21. The van der Waals surface area contributed by atoms with E-state index in [1.807, 2.05) is 24.3 Å². The number of sulfonamides is 1. The van der Waals surface area contributed by atoms with Crippen LogP contribution in [0.5, 0.6) is 11.5 Å². The molecule has 2 aromatic carbocycles. The van der Waals surface area contributed by atoms with Crippen molar-refractivity contribution in [2.45, 2.75) is 24.3 Å². The zero-order chi connectivity index (χ0) is 23.6. The zero-order valence-corrected chi connectivity index (χ0v) is 19.5. The van der Waals surface area contributed by atoms with Crippen molar-refractivity contribution < 1.29 is 27.5 Å². The number of hydrogen-bond donors (Lipinski definition) is 2. The predicted octanol–water partition coefficient (Wildman–Crippen LogP) is 2.40. The van der Waals surface area contributed by atoms with Crippen LogP contribution in [0.15, 0.2) is 41.3 Å². The van der Waals surface area contributed by atoms with Crippen molar-refractivity contribution in [3.63, 3.8) is 0 Å². The minimum Gasteiger partial charge on any atom is -0.497 e. The summed E-state index contributed by atoms with van der Waals surface area (Å²) >= 11 is 6.25. The molecule has 1 fully saturated rings. The number of methoxy groups -OCH3 is 1. The first-order valence-corrected chi connectivity index (χ1v) is 12.3. The number of hydrogen-bond acceptors (Lipinski definition) is 6. The molecule has 0 aromatic heterocycles. The number of amides is 2. The minimum atomic E-state index is -3.97. The van der Waals surface area contributed by atoms with Crippen molar-refractivity contribution in [2.75, 3.05) is 32.1 Å². The second-order valence-electron chi connectivity index (χ2n) is 7.89. The number of fused-ring (bicyclic) bond motifs is 1. The first kappa shape index (κ1) is 23.3. The Morgan fingerprint density at radius 1 is 1.33 bits per heavy atom. The van der Waals surface area contributed by atoms with Crippen molar-refractivity contribution in [1.82, 2.24) is 9.62 Å². The van der Waals surface area contributed by atoms with Crippen molar-refractivity contribution in [3.8, 4) is 11.5 Å². The molecular weight excluding hydrogens is 470 g/mol. The second-order valence-corrected chi connectivity index (χ2v) is 10.2. The van der Waals surface area contributed by atoms with Gasteiger partial charge in [0.05, 0.1) is 23.7 Å². The monoisotopic (exact) mass is 493 g/mol. The lowest BCUT2D eigenvalue weighted by Gasteiger charge is -2.31. The summed E-state index contributed by atoms with van der Waals surface area (Å²) in [6, 6.07) is 10.1. The van der Waals surface area contributed by atoms with Gasteiger partial charge >= 0.3 is 0 Å². The average Bonchev–Trinajstić information content (AvgIpc) is 2.82. The molecule has 0 spiro atoms. The molecule has 0 radical (unpaired) electrons.